The fraction of sp³-hybridized carbons (Fsp3) is 0.211. The van der Waals surface area contributed by atoms with E-state index < -0.39 is 5.97 Å². The number of carbonyl (C=O) groups excluding carboxylic acids is 3. The number of Topliss-reactive ketones (excluding diaryl/α,β-unsaturated/α-hetero) is 1. The highest BCUT2D eigenvalue weighted by atomic mass is 16.5. The minimum absolute atomic E-state index is 0.0198. The Bertz CT molecular complexity index is 791. The molecule has 0 aliphatic heterocycles. The highest BCUT2D eigenvalue weighted by molar-refractivity contribution is 5.96. The summed E-state index contributed by atoms with van der Waals surface area (Å²) in [5.41, 5.74) is 1.51. The van der Waals surface area contributed by atoms with Gasteiger partial charge in [0.25, 0.3) is 0 Å². The number of benzene rings is 2. The third-order valence-electron chi connectivity index (χ3n) is 3.79. The first-order chi connectivity index (χ1) is 11.5. The molecule has 5 heteroatoms. The van der Waals surface area contributed by atoms with Gasteiger partial charge in [0, 0.05) is 17.2 Å². The molecule has 2 aromatic rings. The molecule has 5 nitrogen and oxygen atoms in total. The van der Waals surface area contributed by atoms with Crippen LogP contribution in [-0.4, -0.2) is 17.7 Å². The molecule has 0 unspecified atom stereocenters. The molecule has 3 rings (SSSR count). The predicted molar refractivity (Wildman–Crippen MR) is 89.2 cm³/mol. The molecule has 24 heavy (non-hydrogen) atoms. The van der Waals surface area contributed by atoms with Crippen LogP contribution in [0.25, 0.3) is 0 Å². The summed E-state index contributed by atoms with van der Waals surface area (Å²) in [6, 6.07) is 13.0. The second kappa shape index (κ2) is 6.66. The minimum atomic E-state index is -0.518. The first-order valence-corrected chi connectivity index (χ1v) is 7.77. The van der Waals surface area contributed by atoms with Crippen molar-refractivity contribution in [2.45, 2.75) is 19.8 Å². The van der Waals surface area contributed by atoms with E-state index in [1.165, 1.54) is 13.0 Å². The van der Waals surface area contributed by atoms with Crippen molar-refractivity contribution in [3.8, 4) is 5.75 Å². The van der Waals surface area contributed by atoms with Crippen LogP contribution in [0.2, 0.25) is 0 Å². The number of ketones is 1. The predicted octanol–water partition coefficient (Wildman–Crippen LogP) is 3.46. The van der Waals surface area contributed by atoms with Crippen molar-refractivity contribution in [2.75, 3.05) is 5.32 Å². The molecular formula is C19H17NO4. The molecule has 1 amide bonds. The number of hydrogen-bond donors (Lipinski definition) is 1. The van der Waals surface area contributed by atoms with E-state index in [1.807, 2.05) is 0 Å². The van der Waals surface area contributed by atoms with E-state index in [0.29, 0.717) is 22.6 Å². The van der Waals surface area contributed by atoms with E-state index >= 15 is 0 Å². The van der Waals surface area contributed by atoms with E-state index in [0.717, 1.165) is 12.8 Å². The number of nitrogens with one attached hydrogen (secondary N) is 1. The van der Waals surface area contributed by atoms with Crippen molar-refractivity contribution in [1.82, 2.24) is 0 Å². The van der Waals surface area contributed by atoms with Gasteiger partial charge in [0.1, 0.15) is 5.75 Å². The first-order valence-electron chi connectivity index (χ1n) is 7.77. The Morgan fingerprint density at radius 2 is 1.71 bits per heavy atom. The lowest BCUT2D eigenvalue weighted by Crippen LogP contribution is -2.13. The molecule has 1 aliphatic rings. The van der Waals surface area contributed by atoms with Gasteiger partial charge in [-0.25, -0.2) is 4.79 Å². The van der Waals surface area contributed by atoms with Gasteiger partial charge in [0.2, 0.25) is 5.91 Å². The van der Waals surface area contributed by atoms with Gasteiger partial charge in [0.05, 0.1) is 5.56 Å². The number of carbonyl (C=O) groups is 3. The van der Waals surface area contributed by atoms with Gasteiger partial charge >= 0.3 is 5.97 Å². The Hall–Kier alpha value is -2.95. The third-order valence-corrected chi connectivity index (χ3v) is 3.79. The molecule has 0 aromatic heterocycles. The van der Waals surface area contributed by atoms with E-state index in [9.17, 15) is 14.4 Å². The van der Waals surface area contributed by atoms with Gasteiger partial charge in [0.15, 0.2) is 5.78 Å². The van der Waals surface area contributed by atoms with Crippen molar-refractivity contribution in [3.63, 3.8) is 0 Å². The van der Waals surface area contributed by atoms with Gasteiger partial charge in [-0.2, -0.15) is 0 Å². The molecule has 0 bridgehead atoms. The van der Waals surface area contributed by atoms with Crippen LogP contribution in [0.15, 0.2) is 48.5 Å². The van der Waals surface area contributed by atoms with Crippen LogP contribution in [0.3, 0.4) is 0 Å². The smallest absolute Gasteiger partial charge is 0.343 e. The zero-order chi connectivity index (χ0) is 17.1. The summed E-state index contributed by atoms with van der Waals surface area (Å²) in [4.78, 5) is 35.2. The summed E-state index contributed by atoms with van der Waals surface area (Å²) in [5.74, 6) is -0.146. The standard InChI is InChI=1S/C19H17NO4/c1-12(21)15-3-2-4-17(11-15)24-19(23)14-7-9-16(10-8-14)20-18(22)13-5-6-13/h2-4,7-11,13H,5-6H2,1H3,(H,20,22). The Morgan fingerprint density at radius 1 is 1.00 bits per heavy atom. The molecule has 0 atom stereocenters. The van der Waals surface area contributed by atoms with Gasteiger partial charge < -0.3 is 10.1 Å². The maximum absolute atomic E-state index is 12.2. The summed E-state index contributed by atoms with van der Waals surface area (Å²) in [7, 11) is 0. The number of anilines is 1. The van der Waals surface area contributed by atoms with Crippen molar-refractivity contribution in [3.05, 3.63) is 59.7 Å². The molecule has 122 valence electrons. The Balaban J connectivity index is 1.65. The zero-order valence-corrected chi connectivity index (χ0v) is 13.2. The molecule has 1 saturated carbocycles. The highest BCUT2D eigenvalue weighted by Crippen LogP contribution is 2.30. The molecule has 1 fully saturated rings. The molecule has 0 radical (unpaired) electrons. The summed E-state index contributed by atoms with van der Waals surface area (Å²) in [6.45, 7) is 1.45. The summed E-state index contributed by atoms with van der Waals surface area (Å²) in [5, 5.41) is 2.81. The van der Waals surface area contributed by atoms with Crippen LogP contribution in [0, 0.1) is 5.92 Å². The fourth-order valence-corrected chi connectivity index (χ4v) is 2.22. The quantitative estimate of drug-likeness (QED) is 0.519. The van der Waals surface area contributed by atoms with Gasteiger partial charge in [-0.3, -0.25) is 9.59 Å². The number of ether oxygens (including phenoxy) is 1. The molecular weight excluding hydrogens is 306 g/mol. The number of esters is 1. The SMILES string of the molecule is CC(=O)c1cccc(OC(=O)c2ccc(NC(=O)C3CC3)cc2)c1. The Kier molecular flexibility index (Phi) is 4.42. The van der Waals surface area contributed by atoms with Gasteiger partial charge in [-0.1, -0.05) is 12.1 Å². The molecule has 0 heterocycles. The van der Waals surface area contributed by atoms with Crippen LogP contribution >= 0.6 is 0 Å². The molecule has 2 aromatic carbocycles. The summed E-state index contributed by atoms with van der Waals surface area (Å²) < 4.78 is 5.28. The van der Waals surface area contributed by atoms with E-state index in [2.05, 4.69) is 5.32 Å². The maximum Gasteiger partial charge on any atom is 0.343 e. The van der Waals surface area contributed by atoms with E-state index in [-0.39, 0.29) is 17.6 Å². The van der Waals surface area contributed by atoms with Gasteiger partial charge in [-0.15, -0.1) is 0 Å². The van der Waals surface area contributed by atoms with Crippen LogP contribution in [0.4, 0.5) is 5.69 Å². The Morgan fingerprint density at radius 3 is 2.33 bits per heavy atom. The normalized spacial score (nSPS) is 13.2. The van der Waals surface area contributed by atoms with E-state index in [4.69, 9.17) is 4.74 Å². The lowest BCUT2D eigenvalue weighted by Gasteiger charge is -2.07. The average molecular weight is 323 g/mol. The molecule has 1 N–H and O–H groups in total. The van der Waals surface area contributed by atoms with Crippen molar-refractivity contribution in [1.29, 1.82) is 0 Å². The topological polar surface area (TPSA) is 72.5 Å². The first kappa shape index (κ1) is 15.9. The fourth-order valence-electron chi connectivity index (χ4n) is 2.22. The zero-order valence-electron chi connectivity index (χ0n) is 13.2. The van der Waals surface area contributed by atoms with Crippen LogP contribution < -0.4 is 10.1 Å². The number of hydrogen-bond acceptors (Lipinski definition) is 4. The average Bonchev–Trinajstić information content (AvgIpc) is 3.40. The second-order valence-electron chi connectivity index (χ2n) is 5.81. The molecule has 1 aliphatic carbocycles. The van der Waals surface area contributed by atoms with Crippen LogP contribution in [0.1, 0.15) is 40.5 Å². The molecule has 0 spiro atoms. The minimum Gasteiger partial charge on any atom is -0.423 e. The second-order valence-corrected chi connectivity index (χ2v) is 5.81. The van der Waals surface area contributed by atoms with Crippen molar-refractivity contribution < 1.29 is 19.1 Å². The third kappa shape index (κ3) is 3.87. The lowest BCUT2D eigenvalue weighted by atomic mass is 10.1. The maximum atomic E-state index is 12.2. The largest absolute Gasteiger partial charge is 0.423 e. The summed E-state index contributed by atoms with van der Waals surface area (Å²) >= 11 is 0. The summed E-state index contributed by atoms with van der Waals surface area (Å²) in [6.07, 6.45) is 1.88. The van der Waals surface area contributed by atoms with E-state index in [1.54, 1.807) is 42.5 Å². The van der Waals surface area contributed by atoms with Crippen molar-refractivity contribution in [2.24, 2.45) is 5.92 Å². The number of rotatable bonds is 5. The monoisotopic (exact) mass is 323 g/mol. The van der Waals surface area contributed by atoms with Crippen molar-refractivity contribution >= 4 is 23.3 Å². The van der Waals surface area contributed by atoms with Gasteiger partial charge in [-0.05, 0) is 56.2 Å². The lowest BCUT2D eigenvalue weighted by molar-refractivity contribution is -0.117. The molecule has 0 saturated heterocycles. The Labute approximate surface area is 139 Å². The number of amides is 1. The highest BCUT2D eigenvalue weighted by Gasteiger charge is 2.29. The van der Waals surface area contributed by atoms with Crippen LogP contribution in [0.5, 0.6) is 5.75 Å². The van der Waals surface area contributed by atoms with Crippen LogP contribution in [-0.2, 0) is 4.79 Å².